The standard InChI is InChI=1S/C18H21N/c1-14-13-19(15(14)2)18(16-9-5-3-6-10-16)17-11-7-4-8-12-17/h3-12,14-15,18H,13H2,1-2H3. The average molecular weight is 251 g/mol. The van der Waals surface area contributed by atoms with Crippen molar-refractivity contribution >= 4 is 0 Å². The highest BCUT2D eigenvalue weighted by Gasteiger charge is 2.37. The molecule has 3 rings (SSSR count). The van der Waals surface area contributed by atoms with Crippen molar-refractivity contribution < 1.29 is 0 Å². The third-order valence-corrected chi connectivity index (χ3v) is 4.41. The van der Waals surface area contributed by atoms with Crippen LogP contribution < -0.4 is 0 Å². The van der Waals surface area contributed by atoms with Crippen LogP contribution in [-0.2, 0) is 0 Å². The van der Waals surface area contributed by atoms with E-state index >= 15 is 0 Å². The zero-order valence-corrected chi connectivity index (χ0v) is 11.7. The molecule has 1 aliphatic heterocycles. The molecule has 1 saturated heterocycles. The van der Waals surface area contributed by atoms with Gasteiger partial charge in [-0.1, -0.05) is 67.6 Å². The first-order valence-corrected chi connectivity index (χ1v) is 7.13. The van der Waals surface area contributed by atoms with Crippen LogP contribution in [0, 0.1) is 5.92 Å². The van der Waals surface area contributed by atoms with Crippen LogP contribution in [0.5, 0.6) is 0 Å². The van der Waals surface area contributed by atoms with Gasteiger partial charge in [0.1, 0.15) is 0 Å². The van der Waals surface area contributed by atoms with Gasteiger partial charge in [-0.15, -0.1) is 0 Å². The van der Waals surface area contributed by atoms with Crippen LogP contribution in [0.1, 0.15) is 31.0 Å². The summed E-state index contributed by atoms with van der Waals surface area (Å²) in [6, 6.07) is 22.8. The van der Waals surface area contributed by atoms with E-state index in [4.69, 9.17) is 0 Å². The number of hydrogen-bond acceptors (Lipinski definition) is 1. The van der Waals surface area contributed by atoms with Crippen molar-refractivity contribution in [2.75, 3.05) is 6.54 Å². The first-order valence-electron chi connectivity index (χ1n) is 7.13. The summed E-state index contributed by atoms with van der Waals surface area (Å²) in [5.74, 6) is 0.801. The van der Waals surface area contributed by atoms with Crippen LogP contribution in [0.3, 0.4) is 0 Å². The van der Waals surface area contributed by atoms with E-state index in [-0.39, 0.29) is 0 Å². The van der Waals surface area contributed by atoms with Gasteiger partial charge in [-0.25, -0.2) is 0 Å². The van der Waals surface area contributed by atoms with Gasteiger partial charge >= 0.3 is 0 Å². The van der Waals surface area contributed by atoms with E-state index < -0.39 is 0 Å². The summed E-state index contributed by atoms with van der Waals surface area (Å²) in [6.07, 6.45) is 0. The van der Waals surface area contributed by atoms with Crippen LogP contribution in [0.4, 0.5) is 0 Å². The lowest BCUT2D eigenvalue weighted by Crippen LogP contribution is -2.54. The lowest BCUT2D eigenvalue weighted by molar-refractivity contribution is 0.0101. The lowest BCUT2D eigenvalue weighted by atomic mass is 9.85. The second-order valence-electron chi connectivity index (χ2n) is 5.64. The molecule has 2 atom stereocenters. The fraction of sp³-hybridized carbons (Fsp3) is 0.333. The Morgan fingerprint density at radius 1 is 0.842 bits per heavy atom. The number of hydrogen-bond donors (Lipinski definition) is 0. The Morgan fingerprint density at radius 3 is 1.68 bits per heavy atom. The predicted molar refractivity (Wildman–Crippen MR) is 80.1 cm³/mol. The molecule has 0 N–H and O–H groups in total. The Kier molecular flexibility index (Phi) is 3.39. The van der Waals surface area contributed by atoms with Crippen LogP contribution in [-0.4, -0.2) is 17.5 Å². The fourth-order valence-corrected chi connectivity index (χ4v) is 3.03. The maximum absolute atomic E-state index is 2.61. The predicted octanol–water partition coefficient (Wildman–Crippen LogP) is 4.12. The second-order valence-corrected chi connectivity index (χ2v) is 5.64. The minimum Gasteiger partial charge on any atom is -0.289 e. The van der Waals surface area contributed by atoms with Gasteiger partial charge < -0.3 is 0 Å². The highest BCUT2D eigenvalue weighted by atomic mass is 15.2. The number of nitrogens with zero attached hydrogens (tertiary/aromatic N) is 1. The number of likely N-dealkylation sites (tertiary alicyclic amines) is 1. The molecule has 0 radical (unpaired) electrons. The topological polar surface area (TPSA) is 3.24 Å². The molecule has 0 spiro atoms. The molecule has 2 aromatic rings. The Bertz CT molecular complexity index is 480. The van der Waals surface area contributed by atoms with E-state index in [0.717, 1.165) is 5.92 Å². The monoisotopic (exact) mass is 251 g/mol. The summed E-state index contributed by atoms with van der Waals surface area (Å²) in [4.78, 5) is 2.61. The number of benzene rings is 2. The molecule has 1 fully saturated rings. The summed E-state index contributed by atoms with van der Waals surface area (Å²) < 4.78 is 0. The Hall–Kier alpha value is -1.60. The first kappa shape index (κ1) is 12.4. The first-order chi connectivity index (χ1) is 9.27. The van der Waals surface area contributed by atoms with Crippen LogP contribution in [0.15, 0.2) is 60.7 Å². The summed E-state index contributed by atoms with van der Waals surface area (Å²) >= 11 is 0. The summed E-state index contributed by atoms with van der Waals surface area (Å²) in [5, 5.41) is 0. The van der Waals surface area contributed by atoms with Gasteiger partial charge in [0.2, 0.25) is 0 Å². The Morgan fingerprint density at radius 2 is 1.32 bits per heavy atom. The van der Waals surface area contributed by atoms with Crippen molar-refractivity contribution in [2.45, 2.75) is 25.9 Å². The molecule has 98 valence electrons. The van der Waals surface area contributed by atoms with E-state index in [1.165, 1.54) is 17.7 Å². The van der Waals surface area contributed by atoms with E-state index in [0.29, 0.717) is 12.1 Å². The van der Waals surface area contributed by atoms with Gasteiger partial charge in [0.25, 0.3) is 0 Å². The van der Waals surface area contributed by atoms with Crippen LogP contribution >= 0.6 is 0 Å². The van der Waals surface area contributed by atoms with Gasteiger partial charge in [0.15, 0.2) is 0 Å². The molecular weight excluding hydrogens is 230 g/mol. The van der Waals surface area contributed by atoms with Crippen LogP contribution in [0.2, 0.25) is 0 Å². The summed E-state index contributed by atoms with van der Waals surface area (Å²) in [6.45, 7) is 5.87. The van der Waals surface area contributed by atoms with Crippen molar-refractivity contribution in [3.8, 4) is 0 Å². The highest BCUT2D eigenvalue weighted by Crippen LogP contribution is 2.37. The van der Waals surface area contributed by atoms with Gasteiger partial charge in [0.05, 0.1) is 6.04 Å². The molecule has 1 heteroatoms. The zero-order chi connectivity index (χ0) is 13.2. The lowest BCUT2D eigenvalue weighted by Gasteiger charge is -2.49. The molecule has 0 saturated carbocycles. The molecule has 0 amide bonds. The quantitative estimate of drug-likeness (QED) is 0.793. The molecule has 0 bridgehead atoms. The summed E-state index contributed by atoms with van der Waals surface area (Å²) in [5.41, 5.74) is 2.79. The van der Waals surface area contributed by atoms with Crippen molar-refractivity contribution in [2.24, 2.45) is 5.92 Å². The maximum Gasteiger partial charge on any atom is 0.0604 e. The maximum atomic E-state index is 2.61. The molecule has 1 nitrogen and oxygen atoms in total. The fourth-order valence-electron chi connectivity index (χ4n) is 3.03. The smallest absolute Gasteiger partial charge is 0.0604 e. The Labute approximate surface area is 115 Å². The van der Waals surface area contributed by atoms with Crippen molar-refractivity contribution in [3.63, 3.8) is 0 Å². The minimum atomic E-state index is 0.397. The average Bonchev–Trinajstić information content (AvgIpc) is 2.49. The number of rotatable bonds is 3. The molecule has 1 heterocycles. The van der Waals surface area contributed by atoms with E-state index in [9.17, 15) is 0 Å². The SMILES string of the molecule is CC1CN(C(c2ccccc2)c2ccccc2)C1C. The highest BCUT2D eigenvalue weighted by molar-refractivity contribution is 5.32. The van der Waals surface area contributed by atoms with Gasteiger partial charge in [-0.2, -0.15) is 0 Å². The minimum absolute atomic E-state index is 0.397. The van der Waals surface area contributed by atoms with E-state index in [2.05, 4.69) is 79.4 Å². The van der Waals surface area contributed by atoms with Gasteiger partial charge in [-0.3, -0.25) is 4.90 Å². The largest absolute Gasteiger partial charge is 0.289 e. The molecule has 19 heavy (non-hydrogen) atoms. The molecule has 1 aliphatic rings. The summed E-state index contributed by atoms with van der Waals surface area (Å²) in [7, 11) is 0. The molecule has 2 aromatic carbocycles. The molecule has 0 aromatic heterocycles. The third-order valence-electron chi connectivity index (χ3n) is 4.41. The van der Waals surface area contributed by atoms with Crippen molar-refractivity contribution in [1.29, 1.82) is 0 Å². The van der Waals surface area contributed by atoms with Crippen molar-refractivity contribution in [3.05, 3.63) is 71.8 Å². The normalized spacial score (nSPS) is 23.3. The molecular formula is C18H21N. The van der Waals surface area contributed by atoms with E-state index in [1.54, 1.807) is 0 Å². The van der Waals surface area contributed by atoms with Gasteiger partial charge in [-0.05, 0) is 24.0 Å². The molecule has 0 aliphatic carbocycles. The van der Waals surface area contributed by atoms with Crippen LogP contribution in [0.25, 0.3) is 0 Å². The third kappa shape index (κ3) is 2.31. The zero-order valence-electron chi connectivity index (χ0n) is 11.7. The second kappa shape index (κ2) is 5.18. The molecule has 2 unspecified atom stereocenters. The van der Waals surface area contributed by atoms with Crippen molar-refractivity contribution in [1.82, 2.24) is 4.90 Å². The Balaban J connectivity index is 1.97. The van der Waals surface area contributed by atoms with E-state index in [1.807, 2.05) is 0 Å². The van der Waals surface area contributed by atoms with Gasteiger partial charge in [0, 0.05) is 12.6 Å².